The summed E-state index contributed by atoms with van der Waals surface area (Å²) >= 11 is 0. The van der Waals surface area contributed by atoms with E-state index in [0.717, 1.165) is 50.2 Å². The second-order valence-corrected chi connectivity index (χ2v) is 14.2. The van der Waals surface area contributed by atoms with E-state index in [2.05, 4.69) is 179 Å². The molecule has 54 heavy (non-hydrogen) atoms. The van der Waals surface area contributed by atoms with Gasteiger partial charge in [-0.2, -0.15) is 0 Å². The van der Waals surface area contributed by atoms with E-state index in [1.165, 1.54) is 59.5 Å². The van der Waals surface area contributed by atoms with Crippen LogP contribution in [-0.2, 0) is 0 Å². The van der Waals surface area contributed by atoms with E-state index < -0.39 is 0 Å². The van der Waals surface area contributed by atoms with Crippen molar-refractivity contribution in [2.45, 2.75) is 0 Å². The van der Waals surface area contributed by atoms with Crippen molar-refractivity contribution in [1.29, 1.82) is 0 Å². The lowest BCUT2D eigenvalue weighted by Gasteiger charge is -2.16. The summed E-state index contributed by atoms with van der Waals surface area (Å²) in [5.74, 6) is 0.810. The summed E-state index contributed by atoms with van der Waals surface area (Å²) in [6, 6.07) is 65.4. The summed E-state index contributed by atoms with van der Waals surface area (Å²) in [6.07, 6.45) is 0. The van der Waals surface area contributed by atoms with Crippen molar-refractivity contribution in [3.05, 3.63) is 182 Å². The van der Waals surface area contributed by atoms with E-state index in [4.69, 9.17) is 9.97 Å². The molecule has 12 aromatic rings. The Morgan fingerprint density at radius 2 is 0.963 bits per heavy atom. The molecule has 3 aromatic heterocycles. The summed E-state index contributed by atoms with van der Waals surface area (Å²) in [5, 5.41) is 12.0. The maximum Gasteiger partial charge on any atom is 0.165 e. The van der Waals surface area contributed by atoms with Gasteiger partial charge in [-0.05, 0) is 69.4 Å². The number of fused-ring (bicyclic) bond motifs is 11. The van der Waals surface area contributed by atoms with E-state index in [1.807, 2.05) is 12.1 Å². The van der Waals surface area contributed by atoms with Gasteiger partial charge < -0.3 is 4.57 Å². The second kappa shape index (κ2) is 11.1. The van der Waals surface area contributed by atoms with E-state index in [0.29, 0.717) is 0 Å². The van der Waals surface area contributed by atoms with Gasteiger partial charge in [-0.3, -0.25) is 4.57 Å². The Morgan fingerprint density at radius 3 is 1.80 bits per heavy atom. The Morgan fingerprint density at radius 1 is 0.352 bits per heavy atom. The first kappa shape index (κ1) is 29.3. The summed E-state index contributed by atoms with van der Waals surface area (Å²) < 4.78 is 4.86. The maximum atomic E-state index is 5.51. The molecule has 4 nitrogen and oxygen atoms in total. The molecule has 0 bridgehead atoms. The van der Waals surface area contributed by atoms with Crippen LogP contribution >= 0.6 is 0 Å². The molecule has 3 heterocycles. The Labute approximate surface area is 309 Å². The molecule has 0 unspecified atom stereocenters. The van der Waals surface area contributed by atoms with Crippen LogP contribution in [0.1, 0.15) is 0 Å². The van der Waals surface area contributed by atoms with Crippen molar-refractivity contribution in [3.8, 4) is 22.8 Å². The highest BCUT2D eigenvalue weighted by Gasteiger charge is 2.24. The zero-order chi connectivity index (χ0) is 35.3. The minimum atomic E-state index is 0.810. The molecule has 0 aliphatic rings. The van der Waals surface area contributed by atoms with E-state index >= 15 is 0 Å². The van der Waals surface area contributed by atoms with Crippen LogP contribution < -0.4 is 0 Å². The first-order valence-corrected chi connectivity index (χ1v) is 18.4. The van der Waals surface area contributed by atoms with Crippen LogP contribution in [-0.4, -0.2) is 19.1 Å². The van der Waals surface area contributed by atoms with Gasteiger partial charge in [0.1, 0.15) is 5.69 Å². The highest BCUT2D eigenvalue weighted by Crippen LogP contribution is 2.44. The van der Waals surface area contributed by atoms with Gasteiger partial charge in [0.25, 0.3) is 0 Å². The predicted molar refractivity (Wildman–Crippen MR) is 226 cm³/mol. The molecule has 12 rings (SSSR count). The lowest BCUT2D eigenvalue weighted by molar-refractivity contribution is 1.08. The third-order valence-electron chi connectivity index (χ3n) is 11.2. The van der Waals surface area contributed by atoms with Crippen molar-refractivity contribution in [2.75, 3.05) is 0 Å². The molecule has 0 radical (unpaired) electrons. The van der Waals surface area contributed by atoms with Crippen molar-refractivity contribution < 1.29 is 0 Å². The van der Waals surface area contributed by atoms with Gasteiger partial charge in [-0.1, -0.05) is 140 Å². The molecule has 0 atom stereocenters. The molecule has 0 N–H and O–H groups in total. The van der Waals surface area contributed by atoms with Crippen LogP contribution in [0.3, 0.4) is 0 Å². The van der Waals surface area contributed by atoms with Gasteiger partial charge in [-0.25, -0.2) is 9.97 Å². The van der Waals surface area contributed by atoms with Crippen molar-refractivity contribution in [3.63, 3.8) is 0 Å². The summed E-state index contributed by atoms with van der Waals surface area (Å²) in [6.45, 7) is 0. The van der Waals surface area contributed by atoms with Crippen molar-refractivity contribution >= 4 is 87.0 Å². The number of hydrogen-bond acceptors (Lipinski definition) is 2. The molecule has 4 heteroatoms. The number of benzene rings is 9. The highest BCUT2D eigenvalue weighted by atomic mass is 15.1. The molecule has 0 aliphatic carbocycles. The molecule has 0 amide bonds. The smallest absolute Gasteiger partial charge is 0.165 e. The average Bonchev–Trinajstić information content (AvgIpc) is 3.75. The molecular formula is C50H30N4. The molecule has 250 valence electrons. The number of para-hydroxylation sites is 3. The molecular weight excluding hydrogens is 657 g/mol. The minimum absolute atomic E-state index is 0.810. The van der Waals surface area contributed by atoms with Crippen molar-refractivity contribution in [1.82, 2.24) is 19.1 Å². The Balaban J connectivity index is 1.29. The third-order valence-corrected chi connectivity index (χ3v) is 11.2. The van der Waals surface area contributed by atoms with E-state index in [1.54, 1.807) is 0 Å². The van der Waals surface area contributed by atoms with Crippen LogP contribution in [0.5, 0.6) is 0 Å². The topological polar surface area (TPSA) is 35.6 Å². The molecule has 0 saturated heterocycles. The fraction of sp³-hybridized carbons (Fsp3) is 0. The van der Waals surface area contributed by atoms with Gasteiger partial charge in [0.15, 0.2) is 5.82 Å². The van der Waals surface area contributed by atoms with Gasteiger partial charge in [0.2, 0.25) is 0 Å². The largest absolute Gasteiger partial charge is 0.308 e. The van der Waals surface area contributed by atoms with E-state index in [9.17, 15) is 0 Å². The zero-order valence-corrected chi connectivity index (χ0v) is 29.1. The van der Waals surface area contributed by atoms with Crippen LogP contribution in [0.2, 0.25) is 0 Å². The molecule has 0 saturated carbocycles. The van der Waals surface area contributed by atoms with Gasteiger partial charge in [0, 0.05) is 32.5 Å². The van der Waals surface area contributed by atoms with Crippen molar-refractivity contribution in [2.24, 2.45) is 0 Å². The van der Waals surface area contributed by atoms with Crippen LogP contribution in [0.25, 0.3) is 110 Å². The number of rotatable bonds is 3. The maximum absolute atomic E-state index is 5.51. The Bertz CT molecular complexity index is 3510. The van der Waals surface area contributed by atoms with Gasteiger partial charge >= 0.3 is 0 Å². The van der Waals surface area contributed by atoms with Crippen LogP contribution in [0.15, 0.2) is 182 Å². The third kappa shape index (κ3) is 4.08. The fourth-order valence-corrected chi connectivity index (χ4v) is 8.89. The predicted octanol–water partition coefficient (Wildman–Crippen LogP) is 13.0. The van der Waals surface area contributed by atoms with Gasteiger partial charge in [0.05, 0.1) is 38.8 Å². The minimum Gasteiger partial charge on any atom is -0.308 e. The molecule has 0 aliphatic heterocycles. The first-order chi connectivity index (χ1) is 26.8. The standard InChI is InChI=1S/C50H30N4/c1-2-16-34-30-46-40(29-33(34)15-1)47-44(53-43-24-10-7-20-37(43)39-28-27-32-14-4-6-19-36(32)49(39)53)25-12-26-45(47)54(46)50-48(51-41-22-8-9-23-42(41)52-50)38-21-11-17-31-13-3-5-18-35(31)38/h1-30H. The number of aromatic nitrogens is 4. The molecule has 0 spiro atoms. The first-order valence-electron chi connectivity index (χ1n) is 18.4. The lowest BCUT2D eigenvalue weighted by atomic mass is 10.0. The average molecular weight is 687 g/mol. The Hall–Kier alpha value is -7.30. The number of nitrogens with zero attached hydrogens (tertiary/aromatic N) is 4. The summed E-state index contributed by atoms with van der Waals surface area (Å²) in [4.78, 5) is 10.9. The SMILES string of the molecule is c1ccc2cc3c(cc2c1)c1c(-n2c4ccccc4c4ccc5ccccc5c42)cccc1n3-c1nc2ccccc2nc1-c1cccc2ccccc12. The monoisotopic (exact) mass is 686 g/mol. The lowest BCUT2D eigenvalue weighted by Crippen LogP contribution is -2.04. The summed E-state index contributed by atoms with van der Waals surface area (Å²) in [7, 11) is 0. The van der Waals surface area contributed by atoms with Gasteiger partial charge in [-0.15, -0.1) is 0 Å². The fourth-order valence-electron chi connectivity index (χ4n) is 8.89. The van der Waals surface area contributed by atoms with E-state index in [-0.39, 0.29) is 0 Å². The molecule has 0 fully saturated rings. The quantitative estimate of drug-likeness (QED) is 0.185. The molecule has 9 aromatic carbocycles. The second-order valence-electron chi connectivity index (χ2n) is 14.2. The highest BCUT2D eigenvalue weighted by molar-refractivity contribution is 6.22. The zero-order valence-electron chi connectivity index (χ0n) is 29.1. The Kier molecular flexibility index (Phi) is 6.02. The summed E-state index contributed by atoms with van der Waals surface area (Å²) in [5.41, 5.74) is 9.33. The number of hydrogen-bond donors (Lipinski definition) is 0. The normalized spacial score (nSPS) is 12.1. The van der Waals surface area contributed by atoms with Crippen LogP contribution in [0.4, 0.5) is 0 Å². The van der Waals surface area contributed by atoms with Crippen LogP contribution in [0, 0.1) is 0 Å².